The number of hydrogen-bond acceptors (Lipinski definition) is 5. The van der Waals surface area contributed by atoms with Gasteiger partial charge in [0.05, 0.1) is 18.5 Å². The summed E-state index contributed by atoms with van der Waals surface area (Å²) in [5, 5.41) is 9.05. The molecule has 0 radical (unpaired) electrons. The van der Waals surface area contributed by atoms with Crippen molar-refractivity contribution >= 4 is 11.8 Å². The molecule has 1 aromatic rings. The standard InChI is InChI=1S/C15H21N3O3/c1-21-12-4-2-5-15(12)6-3-7-18(10-15)13-9-16-8-11(17-13)14(19)20/h8-9,12H,2-7,10H2,1H3,(H,19,20)/t12-,15-/m1/s1. The molecule has 114 valence electrons. The van der Waals surface area contributed by atoms with E-state index in [-0.39, 0.29) is 11.1 Å². The highest BCUT2D eigenvalue weighted by Crippen LogP contribution is 2.46. The lowest BCUT2D eigenvalue weighted by Gasteiger charge is -2.44. The highest BCUT2D eigenvalue weighted by Gasteiger charge is 2.46. The van der Waals surface area contributed by atoms with E-state index in [1.807, 2.05) is 0 Å². The summed E-state index contributed by atoms with van der Waals surface area (Å²) in [5.41, 5.74) is 0.190. The summed E-state index contributed by atoms with van der Waals surface area (Å²) in [6.45, 7) is 1.78. The molecule has 1 saturated heterocycles. The summed E-state index contributed by atoms with van der Waals surface area (Å²) in [6, 6.07) is 0. The molecule has 0 unspecified atom stereocenters. The quantitative estimate of drug-likeness (QED) is 0.917. The van der Waals surface area contributed by atoms with E-state index < -0.39 is 5.97 Å². The van der Waals surface area contributed by atoms with Crippen molar-refractivity contribution in [3.8, 4) is 0 Å². The lowest BCUT2D eigenvalue weighted by Crippen LogP contribution is -2.48. The first kappa shape index (κ1) is 14.3. The lowest BCUT2D eigenvalue weighted by atomic mass is 9.76. The fourth-order valence-electron chi connectivity index (χ4n) is 3.91. The second-order valence-electron chi connectivity index (χ2n) is 6.07. The Morgan fingerprint density at radius 3 is 3.00 bits per heavy atom. The number of piperidine rings is 1. The number of carboxylic acids is 1. The van der Waals surface area contributed by atoms with Crippen molar-refractivity contribution in [2.45, 2.75) is 38.2 Å². The molecule has 3 rings (SSSR count). The molecule has 0 aromatic carbocycles. The van der Waals surface area contributed by atoms with E-state index >= 15 is 0 Å². The molecule has 1 N–H and O–H groups in total. The molecule has 6 heteroatoms. The van der Waals surface area contributed by atoms with Gasteiger partial charge in [0, 0.05) is 25.6 Å². The monoisotopic (exact) mass is 291 g/mol. The van der Waals surface area contributed by atoms with Crippen LogP contribution in [0.4, 0.5) is 5.82 Å². The smallest absolute Gasteiger partial charge is 0.356 e. The van der Waals surface area contributed by atoms with Crippen molar-refractivity contribution in [1.29, 1.82) is 0 Å². The Balaban J connectivity index is 1.83. The predicted molar refractivity (Wildman–Crippen MR) is 77.5 cm³/mol. The van der Waals surface area contributed by atoms with Gasteiger partial charge in [-0.3, -0.25) is 4.98 Å². The summed E-state index contributed by atoms with van der Waals surface area (Å²) in [6.07, 6.45) is 9.00. The number of rotatable bonds is 3. The average Bonchev–Trinajstić information content (AvgIpc) is 2.89. The number of ether oxygens (including phenoxy) is 1. The Morgan fingerprint density at radius 2 is 2.24 bits per heavy atom. The second kappa shape index (κ2) is 5.60. The zero-order valence-corrected chi connectivity index (χ0v) is 12.3. The maximum absolute atomic E-state index is 11.0. The summed E-state index contributed by atoms with van der Waals surface area (Å²) in [4.78, 5) is 21.5. The number of carbonyl (C=O) groups is 1. The average molecular weight is 291 g/mol. The Labute approximate surface area is 124 Å². The van der Waals surface area contributed by atoms with Crippen LogP contribution in [-0.4, -0.2) is 47.3 Å². The van der Waals surface area contributed by atoms with Crippen LogP contribution in [0.2, 0.25) is 0 Å². The zero-order valence-electron chi connectivity index (χ0n) is 12.3. The van der Waals surface area contributed by atoms with Crippen LogP contribution in [0.15, 0.2) is 12.4 Å². The summed E-state index contributed by atoms with van der Waals surface area (Å²) >= 11 is 0. The number of aromatic carboxylic acids is 1. The van der Waals surface area contributed by atoms with E-state index in [0.29, 0.717) is 11.9 Å². The third-order valence-electron chi connectivity index (χ3n) is 4.88. The topological polar surface area (TPSA) is 75.5 Å². The maximum atomic E-state index is 11.0. The van der Waals surface area contributed by atoms with Crippen LogP contribution >= 0.6 is 0 Å². The van der Waals surface area contributed by atoms with E-state index in [0.717, 1.165) is 25.9 Å². The third kappa shape index (κ3) is 2.60. The van der Waals surface area contributed by atoms with E-state index in [2.05, 4.69) is 14.9 Å². The van der Waals surface area contributed by atoms with Crippen molar-refractivity contribution in [2.24, 2.45) is 5.41 Å². The van der Waals surface area contributed by atoms with E-state index in [9.17, 15) is 4.79 Å². The molecule has 21 heavy (non-hydrogen) atoms. The van der Waals surface area contributed by atoms with Crippen LogP contribution < -0.4 is 4.90 Å². The first-order valence-electron chi connectivity index (χ1n) is 7.48. The van der Waals surface area contributed by atoms with E-state index in [1.165, 1.54) is 25.5 Å². The number of aromatic nitrogens is 2. The minimum Gasteiger partial charge on any atom is -0.476 e. The Morgan fingerprint density at radius 1 is 1.43 bits per heavy atom. The third-order valence-corrected chi connectivity index (χ3v) is 4.88. The molecule has 6 nitrogen and oxygen atoms in total. The van der Waals surface area contributed by atoms with Gasteiger partial charge in [0.2, 0.25) is 0 Å². The van der Waals surface area contributed by atoms with Gasteiger partial charge in [0.15, 0.2) is 5.69 Å². The van der Waals surface area contributed by atoms with Crippen LogP contribution in [0.3, 0.4) is 0 Å². The van der Waals surface area contributed by atoms with Crippen molar-refractivity contribution in [1.82, 2.24) is 9.97 Å². The first-order valence-corrected chi connectivity index (χ1v) is 7.48. The van der Waals surface area contributed by atoms with Crippen LogP contribution in [0.5, 0.6) is 0 Å². The predicted octanol–water partition coefficient (Wildman–Crippen LogP) is 1.96. The van der Waals surface area contributed by atoms with Gasteiger partial charge >= 0.3 is 5.97 Å². The molecule has 2 heterocycles. The van der Waals surface area contributed by atoms with E-state index in [1.54, 1.807) is 13.3 Å². The van der Waals surface area contributed by atoms with Gasteiger partial charge in [-0.1, -0.05) is 6.42 Å². The van der Waals surface area contributed by atoms with Crippen molar-refractivity contribution in [3.63, 3.8) is 0 Å². The van der Waals surface area contributed by atoms with Crippen LogP contribution in [0.25, 0.3) is 0 Å². The van der Waals surface area contributed by atoms with Crippen molar-refractivity contribution in [2.75, 3.05) is 25.1 Å². The number of anilines is 1. The van der Waals surface area contributed by atoms with Gasteiger partial charge in [0.25, 0.3) is 0 Å². The molecule has 1 aliphatic carbocycles. The molecule has 1 saturated carbocycles. The minimum absolute atomic E-state index is 0.00170. The van der Waals surface area contributed by atoms with Crippen LogP contribution in [-0.2, 0) is 4.74 Å². The molecule has 2 fully saturated rings. The molecule has 1 spiro atoms. The molecule has 1 aromatic heterocycles. The Kier molecular flexibility index (Phi) is 3.80. The van der Waals surface area contributed by atoms with Gasteiger partial charge in [0.1, 0.15) is 5.82 Å². The van der Waals surface area contributed by atoms with Crippen LogP contribution in [0.1, 0.15) is 42.6 Å². The summed E-state index contributed by atoms with van der Waals surface area (Å²) < 4.78 is 5.69. The molecule has 2 atom stereocenters. The first-order chi connectivity index (χ1) is 10.1. The molecular weight excluding hydrogens is 270 g/mol. The zero-order chi connectivity index (χ0) is 14.9. The second-order valence-corrected chi connectivity index (χ2v) is 6.07. The number of methoxy groups -OCH3 is 1. The Bertz CT molecular complexity index is 537. The maximum Gasteiger partial charge on any atom is 0.356 e. The Hall–Kier alpha value is -1.69. The SMILES string of the molecule is CO[C@@H]1CCC[C@]12CCCN(c1cncc(C(=O)O)n1)C2. The van der Waals surface area contributed by atoms with Crippen molar-refractivity contribution < 1.29 is 14.6 Å². The number of carboxylic acid groups (broad SMARTS) is 1. The fourth-order valence-corrected chi connectivity index (χ4v) is 3.91. The van der Waals surface area contributed by atoms with Gasteiger partial charge in [-0.25, -0.2) is 9.78 Å². The molecule has 0 bridgehead atoms. The van der Waals surface area contributed by atoms with Gasteiger partial charge in [-0.2, -0.15) is 0 Å². The van der Waals surface area contributed by atoms with Gasteiger partial charge < -0.3 is 14.7 Å². The molecule has 0 amide bonds. The highest BCUT2D eigenvalue weighted by atomic mass is 16.5. The number of nitrogens with zero attached hydrogens (tertiary/aromatic N) is 3. The van der Waals surface area contributed by atoms with Gasteiger partial charge in [-0.05, 0) is 25.7 Å². The lowest BCUT2D eigenvalue weighted by molar-refractivity contribution is 0.00214. The van der Waals surface area contributed by atoms with E-state index in [4.69, 9.17) is 9.84 Å². The summed E-state index contributed by atoms with van der Waals surface area (Å²) in [7, 11) is 1.79. The molecule has 1 aliphatic heterocycles. The number of hydrogen-bond donors (Lipinski definition) is 1. The van der Waals surface area contributed by atoms with Gasteiger partial charge in [-0.15, -0.1) is 0 Å². The van der Waals surface area contributed by atoms with Crippen LogP contribution in [0, 0.1) is 5.41 Å². The minimum atomic E-state index is -1.04. The molecule has 2 aliphatic rings. The van der Waals surface area contributed by atoms with Crippen molar-refractivity contribution in [3.05, 3.63) is 18.1 Å². The highest BCUT2D eigenvalue weighted by molar-refractivity contribution is 5.85. The fraction of sp³-hybridized carbons (Fsp3) is 0.667. The molecular formula is C15H21N3O3. The largest absolute Gasteiger partial charge is 0.476 e. The summed E-state index contributed by atoms with van der Waals surface area (Å²) in [5.74, 6) is -0.373. The normalized spacial score (nSPS) is 29.0.